The molecule has 1 heterocycles. The van der Waals surface area contributed by atoms with E-state index in [4.69, 9.17) is 11.6 Å². The van der Waals surface area contributed by atoms with Crippen LogP contribution in [0.25, 0.3) is 0 Å². The number of hydrogen-bond donors (Lipinski definition) is 0. The van der Waals surface area contributed by atoms with Crippen LogP contribution in [0.15, 0.2) is 59.5 Å². The van der Waals surface area contributed by atoms with Crippen LogP contribution in [0.2, 0.25) is 5.02 Å². The molecule has 1 aliphatic rings. The second-order valence-corrected chi connectivity index (χ2v) is 8.18. The van der Waals surface area contributed by atoms with Gasteiger partial charge in [0.2, 0.25) is 10.0 Å². The first kappa shape index (κ1) is 17.1. The first-order valence-electron chi connectivity index (χ1n) is 7.84. The van der Waals surface area contributed by atoms with Crippen LogP contribution in [0.5, 0.6) is 0 Å². The van der Waals surface area contributed by atoms with E-state index in [0.717, 1.165) is 0 Å². The van der Waals surface area contributed by atoms with Crippen LogP contribution in [-0.2, 0) is 10.0 Å². The number of hydrogen-bond acceptors (Lipinski definition) is 3. The van der Waals surface area contributed by atoms with E-state index >= 15 is 0 Å². The fraction of sp³-hybridized carbons (Fsp3) is 0.278. The number of nitrogens with zero attached hydrogens (tertiary/aromatic N) is 1. The van der Waals surface area contributed by atoms with Gasteiger partial charge in [-0.3, -0.25) is 4.79 Å². The number of ketones is 1. The highest BCUT2D eigenvalue weighted by atomic mass is 35.5. The third kappa shape index (κ3) is 3.38. The van der Waals surface area contributed by atoms with Crippen molar-refractivity contribution in [2.24, 2.45) is 5.92 Å². The average molecular weight is 364 g/mol. The van der Waals surface area contributed by atoms with Crippen LogP contribution in [0.3, 0.4) is 0 Å². The zero-order valence-corrected chi connectivity index (χ0v) is 14.6. The molecule has 2 aromatic rings. The molecule has 1 aliphatic heterocycles. The molecule has 6 heteroatoms. The van der Waals surface area contributed by atoms with Crippen molar-refractivity contribution in [3.63, 3.8) is 0 Å². The lowest BCUT2D eigenvalue weighted by molar-refractivity contribution is 0.0872. The van der Waals surface area contributed by atoms with E-state index in [1.165, 1.54) is 10.4 Å². The summed E-state index contributed by atoms with van der Waals surface area (Å²) in [5.74, 6) is -0.326. The van der Waals surface area contributed by atoms with Crippen LogP contribution in [0.4, 0.5) is 0 Å². The van der Waals surface area contributed by atoms with Gasteiger partial charge in [-0.1, -0.05) is 54.1 Å². The average Bonchev–Trinajstić information content (AvgIpc) is 2.62. The molecule has 0 amide bonds. The van der Waals surface area contributed by atoms with Gasteiger partial charge in [0.25, 0.3) is 0 Å². The molecule has 0 spiro atoms. The van der Waals surface area contributed by atoms with Crippen molar-refractivity contribution in [3.8, 4) is 0 Å². The monoisotopic (exact) mass is 363 g/mol. The van der Waals surface area contributed by atoms with Crippen molar-refractivity contribution in [1.82, 2.24) is 4.31 Å². The molecule has 1 unspecified atom stereocenters. The standard InChI is InChI=1S/C18H18ClNO3S/c19-16-10-4-5-11-17(16)24(22,23)20-12-6-9-15(13-20)18(21)14-7-2-1-3-8-14/h1-5,7-8,10-11,15H,6,9,12-13H2. The molecule has 0 N–H and O–H groups in total. The number of Topliss-reactive ketones (excluding diaryl/α,β-unsaturated/α-hetero) is 1. The Balaban J connectivity index is 1.83. The topological polar surface area (TPSA) is 54.5 Å². The summed E-state index contributed by atoms with van der Waals surface area (Å²) in [5, 5.41) is 0.203. The SMILES string of the molecule is O=C(c1ccccc1)C1CCCN(S(=O)(=O)c2ccccc2Cl)C1. The number of benzene rings is 2. The molecule has 0 aromatic heterocycles. The maximum absolute atomic E-state index is 12.8. The van der Waals surface area contributed by atoms with E-state index in [0.29, 0.717) is 24.9 Å². The maximum Gasteiger partial charge on any atom is 0.244 e. The van der Waals surface area contributed by atoms with Gasteiger partial charge in [0.15, 0.2) is 5.78 Å². The molecule has 126 valence electrons. The predicted molar refractivity (Wildman–Crippen MR) is 93.7 cm³/mol. The maximum atomic E-state index is 12.8. The minimum atomic E-state index is -3.69. The molecule has 0 bridgehead atoms. The van der Waals surface area contributed by atoms with Crippen LogP contribution < -0.4 is 0 Å². The summed E-state index contributed by atoms with van der Waals surface area (Å²) in [5.41, 5.74) is 0.625. The molecule has 0 aliphatic carbocycles. The lowest BCUT2D eigenvalue weighted by atomic mass is 9.91. The molecule has 1 fully saturated rings. The number of sulfonamides is 1. The largest absolute Gasteiger partial charge is 0.294 e. The Morgan fingerprint density at radius 3 is 2.42 bits per heavy atom. The Morgan fingerprint density at radius 1 is 1.04 bits per heavy atom. The Labute approximate surface area is 147 Å². The van der Waals surface area contributed by atoms with Crippen molar-refractivity contribution in [1.29, 1.82) is 0 Å². The van der Waals surface area contributed by atoms with Gasteiger partial charge in [-0.05, 0) is 25.0 Å². The Bertz CT molecular complexity index is 836. The van der Waals surface area contributed by atoms with Gasteiger partial charge in [0, 0.05) is 24.6 Å². The van der Waals surface area contributed by atoms with Crippen LogP contribution >= 0.6 is 11.6 Å². The Kier molecular flexibility index (Phi) is 5.04. The Morgan fingerprint density at radius 2 is 1.71 bits per heavy atom. The molecular weight excluding hydrogens is 346 g/mol. The minimum Gasteiger partial charge on any atom is -0.294 e. The second kappa shape index (κ2) is 7.05. The fourth-order valence-corrected chi connectivity index (χ4v) is 5.02. The molecule has 0 saturated carbocycles. The predicted octanol–water partition coefficient (Wildman–Crippen LogP) is 3.62. The smallest absolute Gasteiger partial charge is 0.244 e. The van der Waals surface area contributed by atoms with Gasteiger partial charge >= 0.3 is 0 Å². The highest BCUT2D eigenvalue weighted by Crippen LogP contribution is 2.29. The molecule has 2 aromatic carbocycles. The fourth-order valence-electron chi connectivity index (χ4n) is 3.01. The van der Waals surface area contributed by atoms with E-state index in [1.807, 2.05) is 18.2 Å². The first-order valence-corrected chi connectivity index (χ1v) is 9.66. The van der Waals surface area contributed by atoms with Gasteiger partial charge < -0.3 is 0 Å². The summed E-state index contributed by atoms with van der Waals surface area (Å²) in [7, 11) is -3.69. The van der Waals surface area contributed by atoms with Crippen molar-refractivity contribution in [2.75, 3.05) is 13.1 Å². The van der Waals surface area contributed by atoms with Gasteiger partial charge in [0.05, 0.1) is 5.02 Å². The summed E-state index contributed by atoms with van der Waals surface area (Å²) in [6.07, 6.45) is 1.36. The third-order valence-corrected chi connectivity index (χ3v) is 6.63. The zero-order valence-electron chi connectivity index (χ0n) is 13.1. The highest BCUT2D eigenvalue weighted by Gasteiger charge is 2.34. The van der Waals surface area contributed by atoms with Crippen LogP contribution in [-0.4, -0.2) is 31.6 Å². The molecule has 1 saturated heterocycles. The van der Waals surface area contributed by atoms with E-state index in [-0.39, 0.29) is 28.2 Å². The van der Waals surface area contributed by atoms with Crippen molar-refractivity contribution in [2.45, 2.75) is 17.7 Å². The molecule has 24 heavy (non-hydrogen) atoms. The van der Waals surface area contributed by atoms with E-state index in [9.17, 15) is 13.2 Å². The number of piperidine rings is 1. The molecular formula is C18H18ClNO3S. The van der Waals surface area contributed by atoms with E-state index in [1.54, 1.807) is 30.3 Å². The first-order chi connectivity index (χ1) is 11.5. The highest BCUT2D eigenvalue weighted by molar-refractivity contribution is 7.89. The van der Waals surface area contributed by atoms with E-state index in [2.05, 4.69) is 0 Å². The summed E-state index contributed by atoms with van der Waals surface area (Å²) >= 11 is 6.05. The van der Waals surface area contributed by atoms with Gasteiger partial charge in [-0.25, -0.2) is 8.42 Å². The van der Waals surface area contributed by atoms with Crippen LogP contribution in [0.1, 0.15) is 23.2 Å². The molecule has 3 rings (SSSR count). The summed E-state index contributed by atoms with van der Waals surface area (Å²) in [6, 6.07) is 15.4. The van der Waals surface area contributed by atoms with Crippen molar-refractivity contribution >= 4 is 27.4 Å². The summed E-state index contributed by atoms with van der Waals surface area (Å²) in [4.78, 5) is 12.7. The van der Waals surface area contributed by atoms with E-state index < -0.39 is 10.0 Å². The third-order valence-electron chi connectivity index (χ3n) is 4.27. The zero-order chi connectivity index (χ0) is 17.2. The lowest BCUT2D eigenvalue weighted by Crippen LogP contribution is -2.42. The minimum absolute atomic E-state index is 0.00495. The second-order valence-electron chi connectivity index (χ2n) is 5.86. The van der Waals surface area contributed by atoms with Crippen molar-refractivity contribution < 1.29 is 13.2 Å². The summed E-state index contributed by atoms with van der Waals surface area (Å²) < 4.78 is 27.1. The molecule has 1 atom stereocenters. The van der Waals surface area contributed by atoms with Crippen LogP contribution in [0, 0.1) is 5.92 Å². The van der Waals surface area contributed by atoms with Gasteiger partial charge in [-0.2, -0.15) is 4.31 Å². The normalized spacial score (nSPS) is 19.1. The quantitative estimate of drug-likeness (QED) is 0.779. The summed E-state index contributed by atoms with van der Waals surface area (Å²) in [6.45, 7) is 0.605. The molecule has 4 nitrogen and oxygen atoms in total. The number of carbonyl (C=O) groups excluding carboxylic acids is 1. The number of carbonyl (C=O) groups is 1. The van der Waals surface area contributed by atoms with Gasteiger partial charge in [0.1, 0.15) is 4.90 Å². The number of halogens is 1. The molecule has 0 radical (unpaired) electrons. The number of rotatable bonds is 4. The van der Waals surface area contributed by atoms with Crippen molar-refractivity contribution in [3.05, 3.63) is 65.2 Å². The lowest BCUT2D eigenvalue weighted by Gasteiger charge is -2.31. The van der Waals surface area contributed by atoms with Gasteiger partial charge in [-0.15, -0.1) is 0 Å². The Hall–Kier alpha value is -1.69.